The first-order valence-corrected chi connectivity index (χ1v) is 8.78. The summed E-state index contributed by atoms with van der Waals surface area (Å²) in [5.41, 5.74) is 2.05. The van der Waals surface area contributed by atoms with Gasteiger partial charge in [-0.15, -0.1) is 0 Å². The van der Waals surface area contributed by atoms with Gasteiger partial charge in [0.15, 0.2) is 0 Å². The first-order chi connectivity index (χ1) is 12.5. The Hall–Kier alpha value is -2.11. The predicted octanol–water partition coefficient (Wildman–Crippen LogP) is 3.70. The van der Waals surface area contributed by atoms with Crippen LogP contribution in [0.15, 0.2) is 48.5 Å². The minimum atomic E-state index is -0.269. The minimum Gasteiger partial charge on any atom is -0.304 e. The Labute approximate surface area is 154 Å². The van der Waals surface area contributed by atoms with E-state index in [2.05, 4.69) is 9.80 Å². The van der Waals surface area contributed by atoms with Crippen LogP contribution in [0.5, 0.6) is 0 Å². The molecular formula is C21H26F2N2O. The molecule has 0 amide bonds. The molecule has 0 radical (unpaired) electrons. The molecule has 0 N–H and O–H groups in total. The lowest BCUT2D eigenvalue weighted by atomic mass is 9.96. The third-order valence-electron chi connectivity index (χ3n) is 4.48. The van der Waals surface area contributed by atoms with Crippen molar-refractivity contribution in [3.05, 3.63) is 71.3 Å². The van der Waals surface area contributed by atoms with Gasteiger partial charge < -0.3 is 14.6 Å². The Morgan fingerprint density at radius 1 is 0.885 bits per heavy atom. The van der Waals surface area contributed by atoms with Crippen LogP contribution in [-0.2, 0) is 11.3 Å². The first kappa shape index (κ1) is 20.2. The number of hydrogen-bond donors (Lipinski definition) is 0. The third-order valence-corrected chi connectivity index (χ3v) is 4.48. The lowest BCUT2D eigenvalue weighted by Crippen LogP contribution is -2.33. The summed E-state index contributed by atoms with van der Waals surface area (Å²) in [4.78, 5) is 15.4. The van der Waals surface area contributed by atoms with Crippen molar-refractivity contribution < 1.29 is 13.6 Å². The molecule has 0 spiro atoms. The molecule has 0 heterocycles. The summed E-state index contributed by atoms with van der Waals surface area (Å²) in [6.07, 6.45) is 1.34. The molecule has 1 unspecified atom stereocenters. The van der Waals surface area contributed by atoms with Crippen molar-refractivity contribution >= 4 is 6.29 Å². The molecule has 0 saturated carbocycles. The summed E-state index contributed by atoms with van der Waals surface area (Å²) in [6.45, 7) is 3.18. The van der Waals surface area contributed by atoms with Gasteiger partial charge in [-0.25, -0.2) is 8.78 Å². The Kier molecular flexibility index (Phi) is 7.88. The summed E-state index contributed by atoms with van der Waals surface area (Å²) in [6, 6.07) is 12.9. The van der Waals surface area contributed by atoms with Crippen LogP contribution in [0.4, 0.5) is 8.78 Å². The number of benzene rings is 2. The van der Waals surface area contributed by atoms with Gasteiger partial charge in [-0.05, 0) is 49.5 Å². The molecule has 0 bridgehead atoms. The van der Waals surface area contributed by atoms with Crippen LogP contribution in [0.3, 0.4) is 0 Å². The molecule has 140 valence electrons. The average molecular weight is 360 g/mol. The standard InChI is InChI=1S/C21H26F2N2O/c1-24(15-17-3-7-20(22)8-4-17)12-13-25(2)16-19(11-14-26)18-5-9-21(23)10-6-18/h3-10,14,19H,11-13,15-16H2,1-2H3. The molecule has 2 rings (SSSR count). The number of likely N-dealkylation sites (N-methyl/N-ethyl adjacent to an activating group) is 2. The normalized spacial score (nSPS) is 12.5. The highest BCUT2D eigenvalue weighted by Crippen LogP contribution is 2.20. The van der Waals surface area contributed by atoms with Gasteiger partial charge in [0.25, 0.3) is 0 Å². The fraction of sp³-hybridized carbons (Fsp3) is 0.381. The summed E-state index contributed by atoms with van der Waals surface area (Å²) >= 11 is 0. The number of hydrogen-bond acceptors (Lipinski definition) is 3. The Morgan fingerprint density at radius 2 is 1.42 bits per heavy atom. The van der Waals surface area contributed by atoms with Gasteiger partial charge in [0.1, 0.15) is 17.9 Å². The number of carbonyl (C=O) groups excluding carboxylic acids is 1. The van der Waals surface area contributed by atoms with Gasteiger partial charge in [0.2, 0.25) is 0 Å². The Morgan fingerprint density at radius 3 is 2.00 bits per heavy atom. The van der Waals surface area contributed by atoms with Crippen LogP contribution in [-0.4, -0.2) is 49.8 Å². The molecule has 1 atom stereocenters. The highest BCUT2D eigenvalue weighted by atomic mass is 19.1. The van der Waals surface area contributed by atoms with E-state index in [1.165, 1.54) is 24.3 Å². The summed E-state index contributed by atoms with van der Waals surface area (Å²) in [5, 5.41) is 0. The second-order valence-electron chi connectivity index (χ2n) is 6.78. The van der Waals surface area contributed by atoms with Crippen molar-refractivity contribution in [3.63, 3.8) is 0 Å². The van der Waals surface area contributed by atoms with E-state index in [-0.39, 0.29) is 17.6 Å². The largest absolute Gasteiger partial charge is 0.304 e. The average Bonchev–Trinajstić information content (AvgIpc) is 2.62. The highest BCUT2D eigenvalue weighted by molar-refractivity contribution is 5.51. The molecule has 0 aromatic heterocycles. The Balaban J connectivity index is 1.83. The number of nitrogens with zero attached hydrogens (tertiary/aromatic N) is 2. The van der Waals surface area contributed by atoms with Crippen molar-refractivity contribution in [3.8, 4) is 0 Å². The third kappa shape index (κ3) is 6.65. The quantitative estimate of drug-likeness (QED) is 0.604. The van der Waals surface area contributed by atoms with Crippen LogP contribution in [0.2, 0.25) is 0 Å². The van der Waals surface area contributed by atoms with E-state index in [4.69, 9.17) is 0 Å². The van der Waals surface area contributed by atoms with E-state index in [0.29, 0.717) is 6.42 Å². The van der Waals surface area contributed by atoms with Crippen LogP contribution < -0.4 is 0 Å². The smallest absolute Gasteiger partial charge is 0.123 e. The predicted molar refractivity (Wildman–Crippen MR) is 100 cm³/mol. The van der Waals surface area contributed by atoms with Crippen LogP contribution >= 0.6 is 0 Å². The van der Waals surface area contributed by atoms with E-state index < -0.39 is 0 Å². The lowest BCUT2D eigenvalue weighted by Gasteiger charge is -2.25. The molecular weight excluding hydrogens is 334 g/mol. The zero-order valence-electron chi connectivity index (χ0n) is 15.4. The fourth-order valence-corrected chi connectivity index (χ4v) is 2.96. The number of halogens is 2. The van der Waals surface area contributed by atoms with Crippen LogP contribution in [0.1, 0.15) is 23.5 Å². The van der Waals surface area contributed by atoms with Gasteiger partial charge in [0.05, 0.1) is 0 Å². The highest BCUT2D eigenvalue weighted by Gasteiger charge is 2.14. The SMILES string of the molecule is CN(CCN(C)CC(CC=O)c1ccc(F)cc1)Cc1ccc(F)cc1. The maximum atomic E-state index is 13.1. The van der Waals surface area contributed by atoms with Gasteiger partial charge in [-0.3, -0.25) is 0 Å². The Bertz CT molecular complexity index is 673. The molecule has 0 aliphatic heterocycles. The molecule has 5 heteroatoms. The number of aldehydes is 1. The molecule has 26 heavy (non-hydrogen) atoms. The maximum Gasteiger partial charge on any atom is 0.123 e. The number of rotatable bonds is 10. The molecule has 0 saturated heterocycles. The van der Waals surface area contributed by atoms with Gasteiger partial charge >= 0.3 is 0 Å². The van der Waals surface area contributed by atoms with E-state index in [1.54, 1.807) is 24.3 Å². The lowest BCUT2D eigenvalue weighted by molar-refractivity contribution is -0.108. The van der Waals surface area contributed by atoms with Gasteiger partial charge in [-0.2, -0.15) is 0 Å². The van der Waals surface area contributed by atoms with Crippen molar-refractivity contribution in [2.75, 3.05) is 33.7 Å². The van der Waals surface area contributed by atoms with Crippen molar-refractivity contribution in [1.82, 2.24) is 9.80 Å². The van der Waals surface area contributed by atoms with Crippen molar-refractivity contribution in [2.24, 2.45) is 0 Å². The first-order valence-electron chi connectivity index (χ1n) is 8.78. The number of carbonyl (C=O) groups is 1. The minimum absolute atomic E-state index is 0.0560. The van der Waals surface area contributed by atoms with Gasteiger partial charge in [0, 0.05) is 38.5 Å². The van der Waals surface area contributed by atoms with Gasteiger partial charge in [-0.1, -0.05) is 24.3 Å². The van der Waals surface area contributed by atoms with Crippen LogP contribution in [0.25, 0.3) is 0 Å². The van der Waals surface area contributed by atoms with Crippen molar-refractivity contribution in [2.45, 2.75) is 18.9 Å². The van der Waals surface area contributed by atoms with E-state index in [0.717, 1.165) is 43.6 Å². The zero-order chi connectivity index (χ0) is 18.9. The second kappa shape index (κ2) is 10.1. The summed E-state index contributed by atoms with van der Waals surface area (Å²) in [7, 11) is 4.05. The van der Waals surface area contributed by atoms with E-state index in [9.17, 15) is 13.6 Å². The topological polar surface area (TPSA) is 23.6 Å². The van der Waals surface area contributed by atoms with Crippen molar-refractivity contribution in [1.29, 1.82) is 0 Å². The molecule has 0 aliphatic carbocycles. The molecule has 2 aromatic rings. The fourth-order valence-electron chi connectivity index (χ4n) is 2.96. The monoisotopic (exact) mass is 360 g/mol. The van der Waals surface area contributed by atoms with E-state index in [1.807, 2.05) is 14.1 Å². The molecule has 3 nitrogen and oxygen atoms in total. The molecule has 0 aliphatic rings. The summed E-state index contributed by atoms with van der Waals surface area (Å²) < 4.78 is 26.1. The summed E-state index contributed by atoms with van der Waals surface area (Å²) in [5.74, 6) is -0.437. The maximum absolute atomic E-state index is 13.1. The molecule has 2 aromatic carbocycles. The van der Waals surface area contributed by atoms with Crippen LogP contribution in [0, 0.1) is 11.6 Å². The van der Waals surface area contributed by atoms with E-state index >= 15 is 0 Å². The molecule has 0 fully saturated rings. The zero-order valence-corrected chi connectivity index (χ0v) is 15.4. The second-order valence-corrected chi connectivity index (χ2v) is 6.78.